The van der Waals surface area contributed by atoms with E-state index in [1.165, 1.54) is 30.1 Å². The summed E-state index contributed by atoms with van der Waals surface area (Å²) in [6, 6.07) is 1.62. The van der Waals surface area contributed by atoms with Gasteiger partial charge in [0, 0.05) is 0 Å². The molecule has 0 aromatic rings. The van der Waals surface area contributed by atoms with Gasteiger partial charge in [0.1, 0.15) is 0 Å². The fourth-order valence-corrected chi connectivity index (χ4v) is 15.7. The zero-order valence-corrected chi connectivity index (χ0v) is 15.2. The third kappa shape index (κ3) is 7.26. The number of halogens is 1. The molecule has 0 aromatic carbocycles. The van der Waals surface area contributed by atoms with Crippen LogP contribution in [0, 0.1) is 0 Å². The van der Waals surface area contributed by atoms with Gasteiger partial charge in [0.05, 0.1) is 8.67 Å². The Balaban J connectivity index is 4.18. The second-order valence-corrected chi connectivity index (χ2v) is 15.2. The minimum atomic E-state index is -0.0834. The van der Waals surface area contributed by atoms with Gasteiger partial charge in [0.2, 0.25) is 0 Å². The molecule has 94 valence electrons. The Morgan fingerprint density at radius 2 is 1.40 bits per heavy atom. The van der Waals surface area contributed by atoms with E-state index in [2.05, 4.69) is 43.4 Å². The molecule has 0 saturated heterocycles. The Bertz CT molecular complexity index is 125. The van der Waals surface area contributed by atoms with E-state index < -0.39 is 0 Å². The molecule has 0 aliphatic carbocycles. The number of rotatable bonds is 10. The van der Waals surface area contributed by atoms with Gasteiger partial charge in [-0.1, -0.05) is 49.4 Å². The van der Waals surface area contributed by atoms with Gasteiger partial charge in [-0.15, -0.1) is 0 Å². The van der Waals surface area contributed by atoms with Gasteiger partial charge in [0.15, 0.2) is 0 Å². The molecule has 0 aliphatic heterocycles. The number of hydrogen-bond acceptors (Lipinski definition) is 0. The molecule has 0 nitrogen and oxygen atoms in total. The maximum atomic E-state index is 2.53. The lowest BCUT2D eigenvalue weighted by Gasteiger charge is -2.40. The van der Waals surface area contributed by atoms with Crippen molar-refractivity contribution < 1.29 is 0 Å². The predicted octanol–water partition coefficient (Wildman–Crippen LogP) is 4.35. The largest absolute Gasteiger partial charge is 0.259 e. The van der Waals surface area contributed by atoms with Crippen LogP contribution in [0.1, 0.15) is 46.5 Å². The molecule has 0 spiro atoms. The Hall–Kier alpha value is 1.30. The Labute approximate surface area is 114 Å². The highest BCUT2D eigenvalue weighted by molar-refractivity contribution is 14.1. The topological polar surface area (TPSA) is 0 Å². The minimum absolute atomic E-state index is 0.0834. The van der Waals surface area contributed by atoms with Gasteiger partial charge in [0.25, 0.3) is 0 Å². The number of hydrogen-bond donors (Lipinski definition) is 0. The first kappa shape index (κ1) is 16.3. The average Bonchev–Trinajstić information content (AvgIpc) is 2.19. The molecular formula is C12H29ISSi. The summed E-state index contributed by atoms with van der Waals surface area (Å²) in [4.78, 5) is 0. The molecular weight excluding hydrogens is 331 g/mol. The molecule has 15 heavy (non-hydrogen) atoms. The maximum Gasteiger partial charge on any atom is 0.0656 e. The molecule has 0 atom stereocenters. The van der Waals surface area contributed by atoms with Gasteiger partial charge in [-0.25, -0.2) is 0 Å². The molecule has 0 unspecified atom stereocenters. The first-order valence-corrected chi connectivity index (χ1v) is 13.1. The molecule has 0 saturated carbocycles. The van der Waals surface area contributed by atoms with Crippen LogP contribution in [0.25, 0.3) is 0 Å². The van der Waals surface area contributed by atoms with Crippen LogP contribution in [0.5, 0.6) is 0 Å². The van der Waals surface area contributed by atoms with E-state index in [1.807, 2.05) is 0 Å². The summed E-state index contributed by atoms with van der Waals surface area (Å²) in [6.45, 7) is 7.17. The maximum absolute atomic E-state index is 2.53. The summed E-state index contributed by atoms with van der Waals surface area (Å²) in [6.07, 6.45) is 5.81. The smallest absolute Gasteiger partial charge is 0.0656 e. The molecule has 0 radical (unpaired) electrons. The molecule has 3 heteroatoms. The summed E-state index contributed by atoms with van der Waals surface area (Å²) >= 11 is 2.53. The summed E-state index contributed by atoms with van der Waals surface area (Å²) in [5.74, 6) is 4.80. The van der Waals surface area contributed by atoms with Gasteiger partial charge >= 0.3 is 0 Å². The predicted molar refractivity (Wildman–Crippen MR) is 89.9 cm³/mol. The highest BCUT2D eigenvalue weighted by Gasteiger charge is 2.20. The van der Waals surface area contributed by atoms with Crippen molar-refractivity contribution in [2.75, 3.05) is 21.7 Å². The van der Waals surface area contributed by atoms with Crippen LogP contribution in [0.15, 0.2) is 0 Å². The SMILES string of the molecule is CCCS(CCC)(CCC)[SiH2]CCCI. The van der Waals surface area contributed by atoms with E-state index in [-0.39, 0.29) is 18.1 Å². The van der Waals surface area contributed by atoms with Crippen molar-refractivity contribution in [3.63, 3.8) is 0 Å². The summed E-state index contributed by atoms with van der Waals surface area (Å²) in [5.41, 5.74) is 0. The van der Waals surface area contributed by atoms with Crippen LogP contribution in [0.3, 0.4) is 0 Å². The minimum Gasteiger partial charge on any atom is -0.259 e. The Morgan fingerprint density at radius 3 is 1.73 bits per heavy atom. The standard InChI is InChI=1S/C12H29ISSi/c1-4-9-14(10-5-2,11-6-3)15-12-7-8-13/h4-12,15H2,1-3H3. The van der Waals surface area contributed by atoms with Crippen molar-refractivity contribution in [1.82, 2.24) is 0 Å². The van der Waals surface area contributed by atoms with E-state index in [0.717, 1.165) is 0 Å². The van der Waals surface area contributed by atoms with Crippen LogP contribution >= 0.6 is 32.1 Å². The molecule has 0 bridgehead atoms. The van der Waals surface area contributed by atoms with Gasteiger partial charge in [-0.2, -0.15) is 0 Å². The second kappa shape index (κ2) is 10.5. The fourth-order valence-electron chi connectivity index (χ4n) is 2.41. The second-order valence-electron chi connectivity index (χ2n) is 4.44. The average molecular weight is 360 g/mol. The van der Waals surface area contributed by atoms with Gasteiger partial charge < -0.3 is 0 Å². The van der Waals surface area contributed by atoms with Crippen LogP contribution < -0.4 is 0 Å². The van der Waals surface area contributed by atoms with Crippen molar-refractivity contribution in [3.8, 4) is 0 Å². The zero-order valence-electron chi connectivity index (χ0n) is 10.9. The molecule has 0 aliphatic rings. The van der Waals surface area contributed by atoms with Crippen molar-refractivity contribution in [3.05, 3.63) is 0 Å². The lowest BCUT2D eigenvalue weighted by Crippen LogP contribution is -2.19. The van der Waals surface area contributed by atoms with E-state index in [1.54, 1.807) is 23.3 Å². The van der Waals surface area contributed by atoms with Crippen molar-refractivity contribution in [1.29, 1.82) is 0 Å². The fraction of sp³-hybridized carbons (Fsp3) is 1.00. The summed E-state index contributed by atoms with van der Waals surface area (Å²) in [5, 5.41) is 0. The number of alkyl halides is 1. The molecule has 0 fully saturated rings. The molecule has 0 amide bonds. The van der Waals surface area contributed by atoms with Crippen molar-refractivity contribution in [2.24, 2.45) is 0 Å². The highest BCUT2D eigenvalue weighted by Crippen LogP contribution is 2.48. The van der Waals surface area contributed by atoms with E-state index in [4.69, 9.17) is 0 Å². The van der Waals surface area contributed by atoms with Gasteiger partial charge in [-0.3, -0.25) is 9.48 Å². The van der Waals surface area contributed by atoms with Crippen LogP contribution in [-0.4, -0.2) is 30.4 Å². The van der Waals surface area contributed by atoms with E-state index in [0.29, 0.717) is 0 Å². The third-order valence-corrected chi connectivity index (χ3v) is 15.2. The van der Waals surface area contributed by atoms with Crippen LogP contribution in [0.4, 0.5) is 0 Å². The third-order valence-electron chi connectivity index (χ3n) is 2.87. The Morgan fingerprint density at radius 1 is 0.933 bits per heavy atom. The van der Waals surface area contributed by atoms with Gasteiger partial charge in [-0.05, 0) is 47.4 Å². The molecule has 0 N–H and O–H groups in total. The van der Waals surface area contributed by atoms with Crippen molar-refractivity contribution >= 4 is 40.7 Å². The van der Waals surface area contributed by atoms with E-state index in [9.17, 15) is 0 Å². The van der Waals surface area contributed by atoms with E-state index >= 15 is 0 Å². The summed E-state index contributed by atoms with van der Waals surface area (Å²) in [7, 11) is 0.170. The lowest BCUT2D eigenvalue weighted by molar-refractivity contribution is 1.03. The zero-order chi connectivity index (χ0) is 11.6. The quantitative estimate of drug-likeness (QED) is 0.235. The molecule has 0 heterocycles. The lowest BCUT2D eigenvalue weighted by atomic mass is 10.6. The molecule has 0 rings (SSSR count). The highest BCUT2D eigenvalue weighted by atomic mass is 127. The van der Waals surface area contributed by atoms with Crippen molar-refractivity contribution in [2.45, 2.75) is 52.5 Å². The monoisotopic (exact) mass is 360 g/mol. The summed E-state index contributed by atoms with van der Waals surface area (Å²) < 4.78 is 1.38. The molecule has 0 aromatic heterocycles. The first-order valence-electron chi connectivity index (χ1n) is 6.54. The van der Waals surface area contributed by atoms with Crippen LogP contribution in [-0.2, 0) is 0 Å². The first-order chi connectivity index (χ1) is 7.24. The Kier molecular flexibility index (Phi) is 11.4. The van der Waals surface area contributed by atoms with Crippen LogP contribution in [0.2, 0.25) is 6.04 Å². The normalized spacial score (nSPS) is 13.9.